The van der Waals surface area contributed by atoms with E-state index in [2.05, 4.69) is 10.1 Å². The van der Waals surface area contributed by atoms with Crippen molar-refractivity contribution in [3.05, 3.63) is 94.1 Å². The number of ether oxygens (including phenoxy) is 1. The molecule has 0 unspecified atom stereocenters. The van der Waals surface area contributed by atoms with Gasteiger partial charge in [-0.2, -0.15) is 5.10 Å². The summed E-state index contributed by atoms with van der Waals surface area (Å²) in [7, 11) is 1.64. The maximum Gasteiger partial charge on any atom is 0.284 e. The number of pyridine rings is 2. The normalized spacial score (nSPS) is 11.3. The van der Waals surface area contributed by atoms with Gasteiger partial charge in [0, 0.05) is 28.2 Å². The molecule has 30 heavy (non-hydrogen) atoms. The van der Waals surface area contributed by atoms with Crippen LogP contribution in [0, 0.1) is 0 Å². The summed E-state index contributed by atoms with van der Waals surface area (Å²) in [5, 5.41) is 6.86. The Morgan fingerprint density at radius 2 is 1.90 bits per heavy atom. The molecule has 0 aliphatic carbocycles. The summed E-state index contributed by atoms with van der Waals surface area (Å²) >= 11 is 6.26. The lowest BCUT2D eigenvalue weighted by Crippen LogP contribution is -2.19. The SMILES string of the molecule is COc1ccc(Cn2cc3c(n2)c(=O)n(-c2cccnc2)c2cc(Cl)ccc32)cc1. The number of fused-ring (bicyclic) bond motifs is 3. The largest absolute Gasteiger partial charge is 0.497 e. The molecule has 0 bridgehead atoms. The Hall–Kier alpha value is -3.64. The first-order chi connectivity index (χ1) is 14.6. The fourth-order valence-electron chi connectivity index (χ4n) is 3.65. The number of halogens is 1. The monoisotopic (exact) mass is 416 g/mol. The third kappa shape index (κ3) is 3.11. The van der Waals surface area contributed by atoms with E-state index < -0.39 is 0 Å². The molecule has 3 aromatic heterocycles. The van der Waals surface area contributed by atoms with Crippen LogP contribution in [-0.2, 0) is 6.54 Å². The summed E-state index contributed by atoms with van der Waals surface area (Å²) in [6.45, 7) is 0.542. The van der Waals surface area contributed by atoms with E-state index in [1.54, 1.807) is 40.9 Å². The minimum atomic E-state index is -0.207. The number of benzene rings is 2. The molecule has 0 saturated carbocycles. The fourth-order valence-corrected chi connectivity index (χ4v) is 3.82. The van der Waals surface area contributed by atoms with Crippen molar-refractivity contribution in [2.75, 3.05) is 7.11 Å². The van der Waals surface area contributed by atoms with Crippen LogP contribution in [0.5, 0.6) is 5.75 Å². The van der Waals surface area contributed by atoms with Gasteiger partial charge in [-0.05, 0) is 42.0 Å². The molecule has 2 aromatic carbocycles. The average molecular weight is 417 g/mol. The molecule has 0 radical (unpaired) electrons. The summed E-state index contributed by atoms with van der Waals surface area (Å²) in [5.41, 5.74) is 2.64. The van der Waals surface area contributed by atoms with Crippen LogP contribution in [0.15, 0.2) is 78.0 Å². The van der Waals surface area contributed by atoms with Gasteiger partial charge in [0.05, 0.1) is 31.1 Å². The van der Waals surface area contributed by atoms with E-state index >= 15 is 0 Å². The number of methoxy groups -OCH3 is 1. The zero-order valence-corrected chi connectivity index (χ0v) is 16.9. The molecule has 0 saturated heterocycles. The van der Waals surface area contributed by atoms with Gasteiger partial charge in [-0.25, -0.2) is 0 Å². The summed E-state index contributed by atoms with van der Waals surface area (Å²) < 4.78 is 8.61. The molecule has 0 aliphatic heterocycles. The van der Waals surface area contributed by atoms with Gasteiger partial charge in [0.15, 0.2) is 5.52 Å². The maximum absolute atomic E-state index is 13.4. The maximum atomic E-state index is 13.4. The third-order valence-corrected chi connectivity index (χ3v) is 5.30. The first-order valence-corrected chi connectivity index (χ1v) is 9.76. The van der Waals surface area contributed by atoms with Gasteiger partial charge in [-0.15, -0.1) is 0 Å². The van der Waals surface area contributed by atoms with Crippen molar-refractivity contribution in [1.82, 2.24) is 19.3 Å². The Morgan fingerprint density at radius 1 is 1.07 bits per heavy atom. The molecule has 0 atom stereocenters. The Morgan fingerprint density at radius 3 is 2.63 bits per heavy atom. The van der Waals surface area contributed by atoms with Crippen LogP contribution >= 0.6 is 11.6 Å². The molecule has 0 spiro atoms. The molecule has 3 heterocycles. The Balaban J connectivity index is 1.72. The molecule has 5 aromatic rings. The lowest BCUT2D eigenvalue weighted by atomic mass is 10.1. The highest BCUT2D eigenvalue weighted by Crippen LogP contribution is 2.27. The van der Waals surface area contributed by atoms with E-state index in [9.17, 15) is 4.79 Å². The smallest absolute Gasteiger partial charge is 0.284 e. The van der Waals surface area contributed by atoms with Crippen molar-refractivity contribution in [2.45, 2.75) is 6.54 Å². The number of rotatable bonds is 4. The fraction of sp³-hybridized carbons (Fsp3) is 0.0870. The van der Waals surface area contributed by atoms with Crippen molar-refractivity contribution in [1.29, 1.82) is 0 Å². The average Bonchev–Trinajstić information content (AvgIpc) is 3.19. The topological polar surface area (TPSA) is 61.9 Å². The number of hydrogen-bond acceptors (Lipinski definition) is 4. The molecule has 148 valence electrons. The van der Waals surface area contributed by atoms with Gasteiger partial charge in [-0.1, -0.05) is 29.8 Å². The zero-order valence-electron chi connectivity index (χ0n) is 16.1. The number of aromatic nitrogens is 4. The highest BCUT2D eigenvalue weighted by Gasteiger charge is 2.16. The van der Waals surface area contributed by atoms with E-state index in [-0.39, 0.29) is 5.56 Å². The molecule has 0 fully saturated rings. The molecule has 6 nitrogen and oxygen atoms in total. The predicted molar refractivity (Wildman–Crippen MR) is 118 cm³/mol. The minimum absolute atomic E-state index is 0.207. The van der Waals surface area contributed by atoms with Gasteiger partial charge in [0.1, 0.15) is 5.75 Å². The van der Waals surface area contributed by atoms with Gasteiger partial charge in [-0.3, -0.25) is 19.0 Å². The van der Waals surface area contributed by atoms with E-state index in [1.165, 1.54) is 0 Å². The van der Waals surface area contributed by atoms with Crippen molar-refractivity contribution >= 4 is 33.4 Å². The number of nitrogens with zero attached hydrogens (tertiary/aromatic N) is 4. The van der Waals surface area contributed by atoms with Gasteiger partial charge in [0.25, 0.3) is 5.56 Å². The third-order valence-electron chi connectivity index (χ3n) is 5.07. The second-order valence-corrected chi connectivity index (χ2v) is 7.39. The lowest BCUT2D eigenvalue weighted by molar-refractivity contribution is 0.414. The van der Waals surface area contributed by atoms with Crippen LogP contribution in [0.25, 0.3) is 27.5 Å². The Kier molecular flexibility index (Phi) is 4.48. The molecule has 0 amide bonds. The van der Waals surface area contributed by atoms with Crippen LogP contribution < -0.4 is 10.3 Å². The highest BCUT2D eigenvalue weighted by atomic mass is 35.5. The number of hydrogen-bond donors (Lipinski definition) is 0. The highest BCUT2D eigenvalue weighted by molar-refractivity contribution is 6.31. The zero-order chi connectivity index (χ0) is 20.7. The molecular weight excluding hydrogens is 400 g/mol. The van der Waals surface area contributed by atoms with Crippen molar-refractivity contribution < 1.29 is 4.74 Å². The molecule has 0 N–H and O–H groups in total. The van der Waals surface area contributed by atoms with E-state index in [0.717, 1.165) is 27.6 Å². The van der Waals surface area contributed by atoms with Crippen LogP contribution in [-0.4, -0.2) is 26.4 Å². The van der Waals surface area contributed by atoms with E-state index in [4.69, 9.17) is 16.3 Å². The Bertz CT molecular complexity index is 1420. The van der Waals surface area contributed by atoms with Crippen LogP contribution in [0.1, 0.15) is 5.56 Å². The minimum Gasteiger partial charge on any atom is -0.497 e. The quantitative estimate of drug-likeness (QED) is 0.434. The van der Waals surface area contributed by atoms with Gasteiger partial charge < -0.3 is 4.74 Å². The summed E-state index contributed by atoms with van der Waals surface area (Å²) in [4.78, 5) is 17.6. The molecular formula is C23H17ClN4O2. The second-order valence-electron chi connectivity index (χ2n) is 6.95. The first kappa shape index (κ1) is 18.4. The van der Waals surface area contributed by atoms with Crippen LogP contribution in [0.3, 0.4) is 0 Å². The summed E-state index contributed by atoms with van der Waals surface area (Å²) in [6.07, 6.45) is 5.23. The molecule has 7 heteroatoms. The summed E-state index contributed by atoms with van der Waals surface area (Å²) in [5.74, 6) is 0.798. The predicted octanol–water partition coefficient (Wildman–Crippen LogP) is 4.45. The summed E-state index contributed by atoms with van der Waals surface area (Å²) in [6, 6.07) is 17.0. The first-order valence-electron chi connectivity index (χ1n) is 9.39. The molecule has 5 rings (SSSR count). The molecule has 0 aliphatic rings. The standard InChI is InChI=1S/C23H17ClN4O2/c1-30-18-7-4-15(5-8-18)13-27-14-20-19-9-6-16(24)11-21(19)28(23(29)22(20)26-27)17-3-2-10-25-12-17/h2-12,14H,13H2,1H3. The van der Waals surface area contributed by atoms with Gasteiger partial charge in [0.2, 0.25) is 0 Å². The Labute approximate surface area is 176 Å². The van der Waals surface area contributed by atoms with Crippen molar-refractivity contribution in [3.8, 4) is 11.4 Å². The lowest BCUT2D eigenvalue weighted by Gasteiger charge is -2.10. The van der Waals surface area contributed by atoms with E-state index in [0.29, 0.717) is 22.8 Å². The van der Waals surface area contributed by atoms with E-state index in [1.807, 2.05) is 48.7 Å². The van der Waals surface area contributed by atoms with Crippen molar-refractivity contribution in [3.63, 3.8) is 0 Å². The second kappa shape index (κ2) is 7.31. The van der Waals surface area contributed by atoms with Crippen LogP contribution in [0.4, 0.5) is 0 Å². The van der Waals surface area contributed by atoms with Crippen molar-refractivity contribution in [2.24, 2.45) is 0 Å². The van der Waals surface area contributed by atoms with Gasteiger partial charge >= 0.3 is 0 Å². The van der Waals surface area contributed by atoms with Crippen LogP contribution in [0.2, 0.25) is 5.02 Å².